The highest BCUT2D eigenvalue weighted by Gasteiger charge is 2.20. The van der Waals surface area contributed by atoms with Crippen molar-refractivity contribution in [2.75, 3.05) is 6.61 Å². The predicted molar refractivity (Wildman–Crippen MR) is 69.8 cm³/mol. The van der Waals surface area contributed by atoms with Crippen LogP contribution in [-0.2, 0) is 13.0 Å². The third-order valence-electron chi connectivity index (χ3n) is 2.50. The Morgan fingerprint density at radius 2 is 1.84 bits per heavy atom. The maximum atomic E-state index is 9.75. The molecule has 1 aromatic rings. The summed E-state index contributed by atoms with van der Waals surface area (Å²) in [6.07, 6.45) is 4.64. The van der Waals surface area contributed by atoms with E-state index in [0.29, 0.717) is 0 Å². The number of unbranched alkanes of at least 4 members (excludes halogenated alkanes) is 2. The van der Waals surface area contributed by atoms with Crippen LogP contribution in [0, 0.1) is 6.92 Å². The maximum Gasteiger partial charge on any atom is 0.673 e. The second-order valence-electron chi connectivity index (χ2n) is 4.10. The minimum atomic E-state index is -6.00. The first-order chi connectivity index (χ1) is 8.79. The Morgan fingerprint density at radius 1 is 1.26 bits per heavy atom. The molecule has 19 heavy (non-hydrogen) atoms. The van der Waals surface area contributed by atoms with Crippen LogP contribution in [-0.4, -0.2) is 19.0 Å². The standard InChI is InChI=1S/C11H20NOS.BF4/c1-3-4-5-7-12-9-14-11(6-8-13)10(12)2;2-1(3,4)5/h9,13H,3-8H2,1-2H3;/q+1;-1. The molecule has 0 unspecified atom stereocenters. The van der Waals surface area contributed by atoms with Gasteiger partial charge in [-0.3, -0.25) is 0 Å². The van der Waals surface area contributed by atoms with Gasteiger partial charge < -0.3 is 22.4 Å². The minimum absolute atomic E-state index is 0.260. The summed E-state index contributed by atoms with van der Waals surface area (Å²) in [7, 11) is -6.00. The van der Waals surface area contributed by atoms with E-state index in [-0.39, 0.29) is 6.61 Å². The molecule has 0 saturated heterocycles. The van der Waals surface area contributed by atoms with E-state index in [0.717, 1.165) is 13.0 Å². The molecule has 0 saturated carbocycles. The monoisotopic (exact) mass is 301 g/mol. The number of hydrogen-bond donors (Lipinski definition) is 1. The van der Waals surface area contributed by atoms with E-state index in [4.69, 9.17) is 5.11 Å². The van der Waals surface area contributed by atoms with Gasteiger partial charge in [0.15, 0.2) is 5.69 Å². The molecule has 0 fully saturated rings. The number of aliphatic hydroxyl groups excluding tert-OH is 1. The van der Waals surface area contributed by atoms with E-state index in [9.17, 15) is 17.3 Å². The molecular weight excluding hydrogens is 281 g/mol. The van der Waals surface area contributed by atoms with Gasteiger partial charge in [0, 0.05) is 26.4 Å². The Hall–Kier alpha value is -0.625. The highest BCUT2D eigenvalue weighted by molar-refractivity contribution is 7.09. The first kappa shape index (κ1) is 18.4. The highest BCUT2D eigenvalue weighted by atomic mass is 32.1. The van der Waals surface area contributed by atoms with Crippen molar-refractivity contribution >= 4 is 18.6 Å². The lowest BCUT2D eigenvalue weighted by Gasteiger charge is -1.95. The maximum absolute atomic E-state index is 9.75. The minimum Gasteiger partial charge on any atom is -0.418 e. The van der Waals surface area contributed by atoms with Gasteiger partial charge in [0.2, 0.25) is 5.51 Å². The van der Waals surface area contributed by atoms with Crippen molar-refractivity contribution in [2.24, 2.45) is 0 Å². The third kappa shape index (κ3) is 9.89. The SMILES string of the molecule is CCCCC[n+]1csc(CCO)c1C.F[B-](F)(F)F. The Labute approximate surface area is 115 Å². The van der Waals surface area contributed by atoms with Crippen LogP contribution >= 0.6 is 11.3 Å². The number of thiazole rings is 1. The van der Waals surface area contributed by atoms with Crippen LogP contribution in [0.3, 0.4) is 0 Å². The summed E-state index contributed by atoms with van der Waals surface area (Å²) < 4.78 is 41.3. The zero-order valence-electron chi connectivity index (χ0n) is 11.2. The molecule has 0 amide bonds. The van der Waals surface area contributed by atoms with E-state index in [2.05, 4.69) is 23.9 Å². The number of nitrogens with zero attached hydrogens (tertiary/aromatic N) is 1. The van der Waals surface area contributed by atoms with Crippen LogP contribution in [0.4, 0.5) is 17.3 Å². The first-order valence-corrected chi connectivity index (χ1v) is 7.12. The third-order valence-corrected chi connectivity index (χ3v) is 3.64. The lowest BCUT2D eigenvalue weighted by atomic mass is 10.2. The second-order valence-corrected chi connectivity index (χ2v) is 5.04. The molecule has 0 spiro atoms. The number of aliphatic hydroxyl groups is 1. The van der Waals surface area contributed by atoms with E-state index in [1.165, 1.54) is 29.8 Å². The van der Waals surface area contributed by atoms with Crippen LogP contribution in [0.25, 0.3) is 0 Å². The number of hydrogen-bond acceptors (Lipinski definition) is 2. The van der Waals surface area contributed by atoms with Crippen molar-refractivity contribution in [3.63, 3.8) is 0 Å². The summed E-state index contributed by atoms with van der Waals surface area (Å²) in [6, 6.07) is 0. The summed E-state index contributed by atoms with van der Waals surface area (Å²) >= 11 is 1.76. The molecule has 1 rings (SSSR count). The zero-order chi connectivity index (χ0) is 14.9. The average molecular weight is 301 g/mol. The molecular formula is C11H20BF4NOS. The number of rotatable bonds is 6. The van der Waals surface area contributed by atoms with Crippen molar-refractivity contribution in [1.82, 2.24) is 0 Å². The Kier molecular flexibility index (Phi) is 9.00. The zero-order valence-corrected chi connectivity index (χ0v) is 12.0. The Bertz CT molecular complexity index is 351. The molecule has 112 valence electrons. The molecule has 0 bridgehead atoms. The topological polar surface area (TPSA) is 24.1 Å². The van der Waals surface area contributed by atoms with Crippen LogP contribution in [0.2, 0.25) is 0 Å². The van der Waals surface area contributed by atoms with Gasteiger partial charge in [0.1, 0.15) is 6.54 Å². The molecule has 1 heterocycles. The second kappa shape index (κ2) is 9.31. The van der Waals surface area contributed by atoms with Gasteiger partial charge in [-0.05, 0) is 6.42 Å². The van der Waals surface area contributed by atoms with Gasteiger partial charge in [-0.25, -0.2) is 0 Å². The lowest BCUT2D eigenvalue weighted by molar-refractivity contribution is -0.698. The highest BCUT2D eigenvalue weighted by Crippen LogP contribution is 2.11. The molecule has 8 heteroatoms. The van der Waals surface area contributed by atoms with Crippen LogP contribution in [0.15, 0.2) is 5.51 Å². The number of halogens is 4. The summed E-state index contributed by atoms with van der Waals surface area (Å²) in [5, 5.41) is 8.86. The van der Waals surface area contributed by atoms with Crippen molar-refractivity contribution in [1.29, 1.82) is 0 Å². The normalized spacial score (nSPS) is 11.1. The van der Waals surface area contributed by atoms with Gasteiger partial charge in [-0.1, -0.05) is 24.7 Å². The molecule has 0 atom stereocenters. The summed E-state index contributed by atoms with van der Waals surface area (Å²) in [4.78, 5) is 1.32. The fraction of sp³-hybridized carbons (Fsp3) is 0.727. The van der Waals surface area contributed by atoms with Gasteiger partial charge in [0.05, 0.1) is 4.88 Å². The Balaban J connectivity index is 0.000000555. The van der Waals surface area contributed by atoms with Crippen LogP contribution in [0.1, 0.15) is 36.8 Å². The smallest absolute Gasteiger partial charge is 0.418 e. The summed E-state index contributed by atoms with van der Waals surface area (Å²) in [6.45, 7) is 5.76. The van der Waals surface area contributed by atoms with Crippen molar-refractivity contribution in [3.05, 3.63) is 16.1 Å². The van der Waals surface area contributed by atoms with Crippen molar-refractivity contribution < 1.29 is 26.9 Å². The van der Waals surface area contributed by atoms with Crippen LogP contribution in [0.5, 0.6) is 0 Å². The predicted octanol–water partition coefficient (Wildman–Crippen LogP) is 3.37. The molecule has 1 N–H and O–H groups in total. The lowest BCUT2D eigenvalue weighted by Crippen LogP contribution is -2.34. The fourth-order valence-electron chi connectivity index (χ4n) is 1.55. The number of aromatic nitrogens is 1. The van der Waals surface area contributed by atoms with Crippen molar-refractivity contribution in [3.8, 4) is 0 Å². The van der Waals surface area contributed by atoms with Crippen LogP contribution < -0.4 is 4.57 Å². The fourth-order valence-corrected chi connectivity index (χ4v) is 2.56. The molecule has 0 aliphatic rings. The average Bonchev–Trinajstić information content (AvgIpc) is 2.60. The van der Waals surface area contributed by atoms with E-state index >= 15 is 0 Å². The molecule has 0 aromatic carbocycles. The quantitative estimate of drug-likeness (QED) is 0.370. The van der Waals surface area contributed by atoms with Gasteiger partial charge in [-0.2, -0.15) is 4.57 Å². The largest absolute Gasteiger partial charge is 0.673 e. The summed E-state index contributed by atoms with van der Waals surface area (Å²) in [5.41, 5.74) is 3.51. The molecule has 2 nitrogen and oxygen atoms in total. The molecule has 0 radical (unpaired) electrons. The Morgan fingerprint density at radius 3 is 2.32 bits per heavy atom. The van der Waals surface area contributed by atoms with E-state index in [1.807, 2.05) is 0 Å². The number of aryl methyl sites for hydroxylation is 1. The van der Waals surface area contributed by atoms with Gasteiger partial charge in [0.25, 0.3) is 0 Å². The van der Waals surface area contributed by atoms with Crippen molar-refractivity contribution in [2.45, 2.75) is 46.1 Å². The molecule has 0 aliphatic carbocycles. The van der Waals surface area contributed by atoms with Gasteiger partial charge >= 0.3 is 7.25 Å². The summed E-state index contributed by atoms with van der Waals surface area (Å²) in [5.74, 6) is 0. The van der Waals surface area contributed by atoms with E-state index in [1.54, 1.807) is 11.3 Å². The van der Waals surface area contributed by atoms with E-state index < -0.39 is 7.25 Å². The molecule has 1 aromatic heterocycles. The first-order valence-electron chi connectivity index (χ1n) is 6.24. The molecule has 0 aliphatic heterocycles. The van der Waals surface area contributed by atoms with Gasteiger partial charge in [-0.15, -0.1) is 0 Å².